The molecular formula is C28H29Cl4N3O4S. The standard InChI is InChI=1S/C28H29Cl4N3O4S/c1-4-18(2)33-28(37)19(3)34(16-20-13-14-21(29)15-24(20)31)26(36)17-35(25-12-8-11-23(30)27(25)32)40(38,39)22-9-6-5-7-10-22/h5-15,18-19H,4,16-17H2,1-3H3,(H,33,37)/t18-,19+/m0/s1. The van der Waals surface area contributed by atoms with Gasteiger partial charge >= 0.3 is 0 Å². The summed E-state index contributed by atoms with van der Waals surface area (Å²) < 4.78 is 28.6. The second-order valence-electron chi connectivity index (χ2n) is 9.15. The molecule has 0 unspecified atom stereocenters. The molecule has 3 aromatic rings. The molecule has 0 bridgehead atoms. The molecule has 3 aromatic carbocycles. The molecule has 0 aromatic heterocycles. The van der Waals surface area contributed by atoms with Crippen LogP contribution in [0.3, 0.4) is 0 Å². The van der Waals surface area contributed by atoms with Gasteiger partial charge in [-0.1, -0.05) is 83.7 Å². The van der Waals surface area contributed by atoms with Crippen LogP contribution in [-0.4, -0.2) is 43.8 Å². The number of carbonyl (C=O) groups excluding carboxylic acids is 2. The first-order chi connectivity index (χ1) is 18.9. The van der Waals surface area contributed by atoms with Crippen LogP contribution in [0.15, 0.2) is 71.6 Å². The van der Waals surface area contributed by atoms with Crippen LogP contribution in [0, 0.1) is 0 Å². The molecule has 0 fully saturated rings. The molecule has 2 amide bonds. The molecule has 12 heteroatoms. The first kappa shape index (κ1) is 32.0. The van der Waals surface area contributed by atoms with Crippen LogP contribution < -0.4 is 9.62 Å². The highest BCUT2D eigenvalue weighted by molar-refractivity contribution is 7.92. The van der Waals surface area contributed by atoms with E-state index >= 15 is 0 Å². The number of nitrogens with one attached hydrogen (secondary N) is 1. The fraction of sp³-hybridized carbons (Fsp3) is 0.286. The van der Waals surface area contributed by atoms with Gasteiger partial charge in [-0.15, -0.1) is 0 Å². The number of hydrogen-bond donors (Lipinski definition) is 1. The van der Waals surface area contributed by atoms with Crippen molar-refractivity contribution in [1.29, 1.82) is 0 Å². The van der Waals surface area contributed by atoms with Crippen LogP contribution in [0.4, 0.5) is 5.69 Å². The predicted molar refractivity (Wildman–Crippen MR) is 162 cm³/mol. The molecule has 1 N–H and O–H groups in total. The van der Waals surface area contributed by atoms with Crippen LogP contribution in [-0.2, 0) is 26.2 Å². The van der Waals surface area contributed by atoms with Crippen LogP contribution in [0.2, 0.25) is 20.1 Å². The van der Waals surface area contributed by atoms with Crippen molar-refractivity contribution < 1.29 is 18.0 Å². The fourth-order valence-electron chi connectivity index (χ4n) is 3.80. The van der Waals surface area contributed by atoms with Crippen molar-refractivity contribution in [2.45, 2.75) is 50.7 Å². The molecule has 0 spiro atoms. The zero-order valence-electron chi connectivity index (χ0n) is 22.1. The monoisotopic (exact) mass is 643 g/mol. The number of nitrogens with zero attached hydrogens (tertiary/aromatic N) is 2. The summed E-state index contributed by atoms with van der Waals surface area (Å²) >= 11 is 25.1. The molecule has 40 heavy (non-hydrogen) atoms. The van der Waals surface area contributed by atoms with Gasteiger partial charge in [0.1, 0.15) is 12.6 Å². The van der Waals surface area contributed by atoms with Crippen molar-refractivity contribution in [3.8, 4) is 0 Å². The summed E-state index contributed by atoms with van der Waals surface area (Å²) in [5.41, 5.74) is 0.549. The number of amides is 2. The van der Waals surface area contributed by atoms with Crippen LogP contribution >= 0.6 is 46.4 Å². The third-order valence-corrected chi connectivity index (χ3v) is 9.50. The summed E-state index contributed by atoms with van der Waals surface area (Å²) in [6, 6.07) is 15.9. The van der Waals surface area contributed by atoms with Gasteiger partial charge in [0.15, 0.2) is 0 Å². The van der Waals surface area contributed by atoms with E-state index in [1.807, 2.05) is 13.8 Å². The van der Waals surface area contributed by atoms with Crippen molar-refractivity contribution in [3.63, 3.8) is 0 Å². The average Bonchev–Trinajstić information content (AvgIpc) is 2.92. The Bertz CT molecular complexity index is 1470. The van der Waals surface area contributed by atoms with Gasteiger partial charge in [0, 0.05) is 22.6 Å². The number of halogens is 4. The second-order valence-corrected chi connectivity index (χ2v) is 12.6. The SMILES string of the molecule is CC[C@H](C)NC(=O)[C@@H](C)N(Cc1ccc(Cl)cc1Cl)C(=O)CN(c1cccc(Cl)c1Cl)S(=O)(=O)c1ccccc1. The molecule has 0 heterocycles. The largest absolute Gasteiger partial charge is 0.352 e. The van der Waals surface area contributed by atoms with E-state index in [1.54, 1.807) is 37.3 Å². The van der Waals surface area contributed by atoms with Crippen LogP contribution in [0.5, 0.6) is 0 Å². The van der Waals surface area contributed by atoms with E-state index in [0.29, 0.717) is 22.0 Å². The predicted octanol–water partition coefficient (Wildman–Crippen LogP) is 6.83. The average molecular weight is 645 g/mol. The van der Waals surface area contributed by atoms with E-state index in [4.69, 9.17) is 46.4 Å². The van der Waals surface area contributed by atoms with E-state index in [0.717, 1.165) is 4.31 Å². The minimum Gasteiger partial charge on any atom is -0.352 e. The maximum atomic E-state index is 14.0. The molecule has 3 rings (SSSR count). The van der Waals surface area contributed by atoms with Crippen molar-refractivity contribution in [2.24, 2.45) is 0 Å². The normalized spacial score (nSPS) is 12.9. The lowest BCUT2D eigenvalue weighted by Gasteiger charge is -2.33. The van der Waals surface area contributed by atoms with E-state index < -0.39 is 34.4 Å². The Morgan fingerprint density at radius 2 is 1.57 bits per heavy atom. The Balaban J connectivity index is 2.08. The van der Waals surface area contributed by atoms with Gasteiger partial charge in [0.05, 0.1) is 20.6 Å². The van der Waals surface area contributed by atoms with E-state index in [9.17, 15) is 18.0 Å². The van der Waals surface area contributed by atoms with Gasteiger partial charge in [-0.25, -0.2) is 8.42 Å². The summed E-state index contributed by atoms with van der Waals surface area (Å²) in [6.45, 7) is 4.60. The topological polar surface area (TPSA) is 86.8 Å². The van der Waals surface area contributed by atoms with Crippen molar-refractivity contribution in [2.75, 3.05) is 10.8 Å². The molecule has 0 aliphatic carbocycles. The molecule has 214 valence electrons. The lowest BCUT2D eigenvalue weighted by atomic mass is 10.1. The minimum absolute atomic E-state index is 0.0209. The summed E-state index contributed by atoms with van der Waals surface area (Å²) in [5, 5.41) is 3.66. The van der Waals surface area contributed by atoms with Crippen molar-refractivity contribution in [1.82, 2.24) is 10.2 Å². The Morgan fingerprint density at radius 3 is 2.20 bits per heavy atom. The fourth-order valence-corrected chi connectivity index (χ4v) is 6.16. The molecule has 7 nitrogen and oxygen atoms in total. The van der Waals surface area contributed by atoms with Crippen LogP contribution in [0.25, 0.3) is 0 Å². The lowest BCUT2D eigenvalue weighted by Crippen LogP contribution is -2.52. The highest BCUT2D eigenvalue weighted by Crippen LogP contribution is 2.35. The van der Waals surface area contributed by atoms with Crippen molar-refractivity contribution >= 4 is 73.9 Å². The third-order valence-electron chi connectivity index (χ3n) is 6.33. The summed E-state index contributed by atoms with van der Waals surface area (Å²) in [7, 11) is -4.28. The number of anilines is 1. The van der Waals surface area contributed by atoms with Gasteiger partial charge < -0.3 is 10.2 Å². The highest BCUT2D eigenvalue weighted by atomic mass is 35.5. The van der Waals surface area contributed by atoms with E-state index in [2.05, 4.69) is 5.32 Å². The Hall–Kier alpha value is -2.49. The molecule has 0 saturated carbocycles. The number of carbonyl (C=O) groups is 2. The number of hydrogen-bond acceptors (Lipinski definition) is 4. The molecule has 2 atom stereocenters. The minimum atomic E-state index is -4.28. The van der Waals surface area contributed by atoms with Gasteiger partial charge in [-0.3, -0.25) is 13.9 Å². The Morgan fingerprint density at radius 1 is 0.900 bits per heavy atom. The smallest absolute Gasteiger partial charge is 0.264 e. The third kappa shape index (κ3) is 7.62. The molecule has 0 aliphatic heterocycles. The highest BCUT2D eigenvalue weighted by Gasteiger charge is 2.34. The number of sulfonamides is 1. The second kappa shape index (κ2) is 13.9. The van der Waals surface area contributed by atoms with Gasteiger partial charge in [-0.05, 0) is 62.2 Å². The maximum Gasteiger partial charge on any atom is 0.264 e. The van der Waals surface area contributed by atoms with Gasteiger partial charge in [0.25, 0.3) is 10.0 Å². The maximum absolute atomic E-state index is 14.0. The lowest BCUT2D eigenvalue weighted by molar-refractivity contribution is -0.139. The molecule has 0 saturated heterocycles. The summed E-state index contributed by atoms with van der Waals surface area (Å²) in [5.74, 6) is -1.06. The number of benzene rings is 3. The molecular weight excluding hydrogens is 616 g/mol. The van der Waals surface area contributed by atoms with Crippen LogP contribution in [0.1, 0.15) is 32.8 Å². The van der Waals surface area contributed by atoms with E-state index in [1.165, 1.54) is 41.3 Å². The first-order valence-corrected chi connectivity index (χ1v) is 15.4. The summed E-state index contributed by atoms with van der Waals surface area (Å²) in [4.78, 5) is 28.3. The van der Waals surface area contributed by atoms with E-state index in [-0.39, 0.29) is 33.2 Å². The zero-order chi connectivity index (χ0) is 29.6. The molecule has 0 radical (unpaired) electrons. The quantitative estimate of drug-likeness (QED) is 0.248. The van der Waals surface area contributed by atoms with Crippen molar-refractivity contribution in [3.05, 3.63) is 92.4 Å². The Labute approximate surface area is 255 Å². The molecule has 0 aliphatic rings. The summed E-state index contributed by atoms with van der Waals surface area (Å²) in [6.07, 6.45) is 0.686. The first-order valence-electron chi connectivity index (χ1n) is 12.4. The van der Waals surface area contributed by atoms with Gasteiger partial charge in [-0.2, -0.15) is 0 Å². The van der Waals surface area contributed by atoms with Gasteiger partial charge in [0.2, 0.25) is 11.8 Å². The zero-order valence-corrected chi connectivity index (χ0v) is 25.9. The number of rotatable bonds is 11. The Kier molecular flexibility index (Phi) is 11.1.